The SMILES string of the molecule is COc1ccc(CNc2cncc(-c3cccc(OC)c3)n2)cc1. The number of hydrogen-bond donors (Lipinski definition) is 1. The van der Waals surface area contributed by atoms with Gasteiger partial charge in [-0.1, -0.05) is 24.3 Å². The maximum Gasteiger partial charge on any atom is 0.145 e. The summed E-state index contributed by atoms with van der Waals surface area (Å²) in [7, 11) is 3.31. The van der Waals surface area contributed by atoms with Crippen LogP contribution in [0.25, 0.3) is 11.3 Å². The molecular formula is C19H19N3O2. The first kappa shape index (κ1) is 15.8. The number of benzene rings is 2. The lowest BCUT2D eigenvalue weighted by Gasteiger charge is -2.08. The van der Waals surface area contributed by atoms with Crippen LogP contribution in [0.2, 0.25) is 0 Å². The maximum atomic E-state index is 5.26. The van der Waals surface area contributed by atoms with Gasteiger partial charge in [0.1, 0.15) is 17.3 Å². The van der Waals surface area contributed by atoms with E-state index in [2.05, 4.69) is 15.3 Å². The van der Waals surface area contributed by atoms with Crippen molar-refractivity contribution in [2.75, 3.05) is 19.5 Å². The Morgan fingerprint density at radius 3 is 2.46 bits per heavy atom. The molecule has 0 unspecified atom stereocenters. The molecule has 24 heavy (non-hydrogen) atoms. The van der Waals surface area contributed by atoms with Crippen LogP contribution in [0.1, 0.15) is 5.56 Å². The van der Waals surface area contributed by atoms with Gasteiger partial charge in [-0.3, -0.25) is 4.98 Å². The van der Waals surface area contributed by atoms with E-state index in [0.29, 0.717) is 6.54 Å². The quantitative estimate of drug-likeness (QED) is 0.749. The van der Waals surface area contributed by atoms with E-state index in [1.54, 1.807) is 26.6 Å². The molecule has 0 saturated heterocycles. The molecule has 0 atom stereocenters. The predicted molar refractivity (Wildman–Crippen MR) is 94.3 cm³/mol. The summed E-state index contributed by atoms with van der Waals surface area (Å²) in [6.45, 7) is 0.667. The van der Waals surface area contributed by atoms with E-state index in [1.807, 2.05) is 48.5 Å². The molecule has 3 aromatic rings. The first-order valence-corrected chi connectivity index (χ1v) is 7.62. The largest absolute Gasteiger partial charge is 0.497 e. The van der Waals surface area contributed by atoms with Crippen LogP contribution in [-0.4, -0.2) is 24.2 Å². The Morgan fingerprint density at radius 1 is 0.917 bits per heavy atom. The first-order valence-electron chi connectivity index (χ1n) is 7.62. The van der Waals surface area contributed by atoms with Crippen molar-refractivity contribution in [1.82, 2.24) is 9.97 Å². The number of aromatic nitrogens is 2. The Bertz CT molecular complexity index is 804. The molecule has 1 aromatic heterocycles. The number of rotatable bonds is 6. The molecule has 0 aliphatic carbocycles. The standard InChI is InChI=1S/C19H19N3O2/c1-23-16-8-6-14(7-9-16)11-21-19-13-20-12-18(22-19)15-4-3-5-17(10-15)24-2/h3-10,12-13H,11H2,1-2H3,(H,21,22). The molecule has 2 aromatic carbocycles. The van der Waals surface area contributed by atoms with Crippen LogP contribution in [0.15, 0.2) is 60.9 Å². The zero-order valence-electron chi connectivity index (χ0n) is 13.7. The zero-order chi connectivity index (χ0) is 16.8. The fourth-order valence-electron chi connectivity index (χ4n) is 2.31. The predicted octanol–water partition coefficient (Wildman–Crippen LogP) is 3.77. The van der Waals surface area contributed by atoms with Crippen molar-refractivity contribution < 1.29 is 9.47 Å². The number of hydrogen-bond acceptors (Lipinski definition) is 5. The van der Waals surface area contributed by atoms with Gasteiger partial charge in [-0.2, -0.15) is 0 Å². The van der Waals surface area contributed by atoms with Crippen LogP contribution < -0.4 is 14.8 Å². The highest BCUT2D eigenvalue weighted by molar-refractivity contribution is 5.61. The van der Waals surface area contributed by atoms with E-state index < -0.39 is 0 Å². The lowest BCUT2D eigenvalue weighted by atomic mass is 10.1. The summed E-state index contributed by atoms with van der Waals surface area (Å²) >= 11 is 0. The minimum Gasteiger partial charge on any atom is -0.497 e. The number of nitrogens with one attached hydrogen (secondary N) is 1. The normalized spacial score (nSPS) is 10.2. The van der Waals surface area contributed by atoms with E-state index in [1.165, 1.54) is 0 Å². The Balaban J connectivity index is 1.72. The average Bonchev–Trinajstić information content (AvgIpc) is 2.67. The van der Waals surface area contributed by atoms with Gasteiger partial charge >= 0.3 is 0 Å². The molecule has 1 heterocycles. The summed E-state index contributed by atoms with van der Waals surface area (Å²) in [6.07, 6.45) is 3.46. The molecule has 122 valence electrons. The van der Waals surface area contributed by atoms with E-state index in [0.717, 1.165) is 34.1 Å². The monoisotopic (exact) mass is 321 g/mol. The Hall–Kier alpha value is -3.08. The minimum absolute atomic E-state index is 0.667. The summed E-state index contributed by atoms with van der Waals surface area (Å²) < 4.78 is 10.4. The average molecular weight is 321 g/mol. The molecule has 0 radical (unpaired) electrons. The van der Waals surface area contributed by atoms with Crippen molar-refractivity contribution in [3.05, 3.63) is 66.5 Å². The second-order valence-corrected chi connectivity index (χ2v) is 5.22. The van der Waals surface area contributed by atoms with Crippen molar-refractivity contribution in [2.24, 2.45) is 0 Å². The van der Waals surface area contributed by atoms with Gasteiger partial charge in [0.2, 0.25) is 0 Å². The van der Waals surface area contributed by atoms with Crippen LogP contribution in [0, 0.1) is 0 Å². The van der Waals surface area contributed by atoms with Gasteiger partial charge in [-0.25, -0.2) is 4.98 Å². The summed E-state index contributed by atoms with van der Waals surface area (Å²) in [5, 5.41) is 3.29. The topological polar surface area (TPSA) is 56.3 Å². The molecule has 0 amide bonds. The van der Waals surface area contributed by atoms with Crippen molar-refractivity contribution in [1.29, 1.82) is 0 Å². The molecule has 1 N–H and O–H groups in total. The van der Waals surface area contributed by atoms with Crippen molar-refractivity contribution in [3.63, 3.8) is 0 Å². The molecular weight excluding hydrogens is 302 g/mol. The zero-order valence-corrected chi connectivity index (χ0v) is 13.7. The third kappa shape index (κ3) is 3.81. The molecule has 0 aliphatic rings. The smallest absolute Gasteiger partial charge is 0.145 e. The fraction of sp³-hybridized carbons (Fsp3) is 0.158. The number of ether oxygens (including phenoxy) is 2. The number of methoxy groups -OCH3 is 2. The van der Waals surface area contributed by atoms with Crippen LogP contribution in [0.5, 0.6) is 11.5 Å². The van der Waals surface area contributed by atoms with E-state index in [-0.39, 0.29) is 0 Å². The molecule has 0 saturated carbocycles. The van der Waals surface area contributed by atoms with Gasteiger partial charge in [-0.05, 0) is 29.8 Å². The summed E-state index contributed by atoms with van der Waals surface area (Å²) in [5.41, 5.74) is 2.91. The minimum atomic E-state index is 0.667. The second kappa shape index (κ2) is 7.46. The summed E-state index contributed by atoms with van der Waals surface area (Å²) in [4.78, 5) is 8.88. The van der Waals surface area contributed by atoms with Gasteiger partial charge in [0.25, 0.3) is 0 Å². The highest BCUT2D eigenvalue weighted by Gasteiger charge is 2.04. The van der Waals surface area contributed by atoms with E-state index in [4.69, 9.17) is 9.47 Å². The van der Waals surface area contributed by atoms with Crippen molar-refractivity contribution in [2.45, 2.75) is 6.54 Å². The molecule has 0 fully saturated rings. The van der Waals surface area contributed by atoms with Gasteiger partial charge in [-0.15, -0.1) is 0 Å². The van der Waals surface area contributed by atoms with Gasteiger partial charge in [0, 0.05) is 12.1 Å². The van der Waals surface area contributed by atoms with Crippen LogP contribution in [-0.2, 0) is 6.54 Å². The fourth-order valence-corrected chi connectivity index (χ4v) is 2.31. The summed E-state index contributed by atoms with van der Waals surface area (Å²) in [6, 6.07) is 15.7. The molecule has 0 aliphatic heterocycles. The Morgan fingerprint density at radius 2 is 1.71 bits per heavy atom. The lowest BCUT2D eigenvalue weighted by Crippen LogP contribution is -2.02. The van der Waals surface area contributed by atoms with Crippen molar-refractivity contribution >= 4 is 5.82 Å². The maximum absolute atomic E-state index is 5.26. The van der Waals surface area contributed by atoms with E-state index in [9.17, 15) is 0 Å². The molecule has 5 heteroatoms. The van der Waals surface area contributed by atoms with E-state index >= 15 is 0 Å². The van der Waals surface area contributed by atoms with Gasteiger partial charge in [0.05, 0.1) is 32.3 Å². The van der Waals surface area contributed by atoms with Crippen LogP contribution in [0.4, 0.5) is 5.82 Å². The summed E-state index contributed by atoms with van der Waals surface area (Å²) in [5.74, 6) is 2.37. The Kier molecular flexibility index (Phi) is 4.91. The van der Waals surface area contributed by atoms with Crippen molar-refractivity contribution in [3.8, 4) is 22.8 Å². The molecule has 5 nitrogen and oxygen atoms in total. The van der Waals surface area contributed by atoms with Crippen LogP contribution >= 0.6 is 0 Å². The van der Waals surface area contributed by atoms with Gasteiger partial charge < -0.3 is 14.8 Å². The highest BCUT2D eigenvalue weighted by Crippen LogP contribution is 2.22. The Labute approximate surface area is 141 Å². The third-order valence-corrected chi connectivity index (χ3v) is 3.63. The molecule has 3 rings (SSSR count). The number of nitrogens with zero attached hydrogens (tertiary/aromatic N) is 2. The second-order valence-electron chi connectivity index (χ2n) is 5.22. The molecule has 0 spiro atoms. The van der Waals surface area contributed by atoms with Crippen LogP contribution in [0.3, 0.4) is 0 Å². The number of anilines is 1. The third-order valence-electron chi connectivity index (χ3n) is 3.63. The lowest BCUT2D eigenvalue weighted by molar-refractivity contribution is 0.414. The first-order chi connectivity index (χ1) is 11.8. The molecule has 0 bridgehead atoms. The highest BCUT2D eigenvalue weighted by atomic mass is 16.5. The van der Waals surface area contributed by atoms with Gasteiger partial charge in [0.15, 0.2) is 0 Å².